The summed E-state index contributed by atoms with van der Waals surface area (Å²) in [5.41, 5.74) is 3.62. The van der Waals surface area contributed by atoms with Gasteiger partial charge in [-0.1, -0.05) is 32.0 Å². The van der Waals surface area contributed by atoms with Crippen molar-refractivity contribution in [2.24, 2.45) is 5.92 Å². The standard InChI is InChI=1S/C17H22N2O2/c1-10(2)8-14-16-12(9-15(18-14)17(20)21-3)11-6-4-5-7-13(11)19-16/h4-7,10,14-15,18-19H,8-9H2,1-3H3/t14-,15+/m1/s1. The Labute approximate surface area is 124 Å². The lowest BCUT2D eigenvalue weighted by atomic mass is 9.90. The first-order chi connectivity index (χ1) is 10.1. The summed E-state index contributed by atoms with van der Waals surface area (Å²) >= 11 is 0. The van der Waals surface area contributed by atoms with Gasteiger partial charge < -0.3 is 9.72 Å². The summed E-state index contributed by atoms with van der Waals surface area (Å²) in [6.07, 6.45) is 1.67. The lowest BCUT2D eigenvalue weighted by molar-refractivity contribution is -0.143. The van der Waals surface area contributed by atoms with Gasteiger partial charge in [0.15, 0.2) is 0 Å². The van der Waals surface area contributed by atoms with Gasteiger partial charge in [0.25, 0.3) is 0 Å². The van der Waals surface area contributed by atoms with Gasteiger partial charge in [-0.3, -0.25) is 10.1 Å². The van der Waals surface area contributed by atoms with E-state index in [1.54, 1.807) is 0 Å². The Morgan fingerprint density at radius 3 is 2.86 bits per heavy atom. The van der Waals surface area contributed by atoms with Crippen LogP contribution in [0.2, 0.25) is 0 Å². The molecule has 1 aliphatic rings. The number of para-hydroxylation sites is 1. The first-order valence-corrected chi connectivity index (χ1v) is 7.53. The largest absolute Gasteiger partial charge is 0.468 e. The third-order valence-electron chi connectivity index (χ3n) is 4.20. The zero-order valence-corrected chi connectivity index (χ0v) is 12.8. The smallest absolute Gasteiger partial charge is 0.323 e. The Balaban J connectivity index is 2.05. The normalized spacial score (nSPS) is 21.5. The van der Waals surface area contributed by atoms with Crippen LogP contribution in [0.25, 0.3) is 10.9 Å². The molecule has 21 heavy (non-hydrogen) atoms. The molecule has 0 saturated heterocycles. The van der Waals surface area contributed by atoms with E-state index >= 15 is 0 Å². The number of carbonyl (C=O) groups is 1. The lowest BCUT2D eigenvalue weighted by Gasteiger charge is -2.31. The number of carbonyl (C=O) groups excluding carboxylic acids is 1. The summed E-state index contributed by atoms with van der Waals surface area (Å²) in [7, 11) is 1.45. The van der Waals surface area contributed by atoms with E-state index in [0.717, 1.165) is 11.9 Å². The molecule has 0 saturated carbocycles. The molecule has 0 amide bonds. The molecule has 0 spiro atoms. The molecule has 4 nitrogen and oxygen atoms in total. The van der Waals surface area contributed by atoms with Crippen LogP contribution in [-0.4, -0.2) is 24.1 Å². The Bertz CT molecular complexity index is 660. The average Bonchev–Trinajstić information content (AvgIpc) is 2.85. The van der Waals surface area contributed by atoms with Crippen LogP contribution in [-0.2, 0) is 16.0 Å². The van der Waals surface area contributed by atoms with Crippen LogP contribution >= 0.6 is 0 Å². The second kappa shape index (κ2) is 5.53. The van der Waals surface area contributed by atoms with Crippen molar-refractivity contribution >= 4 is 16.9 Å². The molecular weight excluding hydrogens is 264 g/mol. The maximum Gasteiger partial charge on any atom is 0.323 e. The monoisotopic (exact) mass is 286 g/mol. The van der Waals surface area contributed by atoms with E-state index in [4.69, 9.17) is 4.74 Å². The van der Waals surface area contributed by atoms with Gasteiger partial charge in [-0.05, 0) is 24.0 Å². The number of fused-ring (bicyclic) bond motifs is 3. The van der Waals surface area contributed by atoms with E-state index < -0.39 is 0 Å². The number of hydrogen-bond acceptors (Lipinski definition) is 3. The highest BCUT2D eigenvalue weighted by molar-refractivity contribution is 5.87. The predicted octanol–water partition coefficient (Wildman–Crippen LogP) is 2.94. The quantitative estimate of drug-likeness (QED) is 0.853. The molecule has 0 fully saturated rings. The molecule has 0 bridgehead atoms. The van der Waals surface area contributed by atoms with Crippen molar-refractivity contribution in [2.75, 3.05) is 7.11 Å². The molecule has 1 aromatic carbocycles. The van der Waals surface area contributed by atoms with Crippen molar-refractivity contribution in [1.82, 2.24) is 10.3 Å². The zero-order chi connectivity index (χ0) is 15.0. The van der Waals surface area contributed by atoms with Crippen LogP contribution in [0.1, 0.15) is 37.6 Å². The Morgan fingerprint density at radius 1 is 1.38 bits per heavy atom. The second-order valence-electron chi connectivity index (χ2n) is 6.19. The molecule has 1 aliphatic heterocycles. The first-order valence-electron chi connectivity index (χ1n) is 7.53. The van der Waals surface area contributed by atoms with Crippen LogP contribution < -0.4 is 5.32 Å². The Morgan fingerprint density at radius 2 is 2.14 bits per heavy atom. The van der Waals surface area contributed by atoms with Crippen LogP contribution in [0, 0.1) is 5.92 Å². The minimum absolute atomic E-state index is 0.172. The van der Waals surface area contributed by atoms with Gasteiger partial charge in [0.05, 0.1) is 7.11 Å². The van der Waals surface area contributed by atoms with E-state index in [9.17, 15) is 4.79 Å². The van der Waals surface area contributed by atoms with Crippen molar-refractivity contribution in [3.8, 4) is 0 Å². The number of benzene rings is 1. The summed E-state index contributed by atoms with van der Waals surface area (Å²) in [6, 6.07) is 8.20. The first kappa shape index (κ1) is 14.1. The molecule has 0 radical (unpaired) electrons. The number of nitrogens with one attached hydrogen (secondary N) is 2. The summed E-state index contributed by atoms with van der Waals surface area (Å²) in [5, 5.41) is 4.67. The summed E-state index contributed by atoms with van der Waals surface area (Å²) in [6.45, 7) is 4.40. The van der Waals surface area contributed by atoms with E-state index in [0.29, 0.717) is 12.3 Å². The highest BCUT2D eigenvalue weighted by Crippen LogP contribution is 2.34. The fourth-order valence-electron chi connectivity index (χ4n) is 3.28. The number of esters is 1. The van der Waals surface area contributed by atoms with E-state index in [-0.39, 0.29) is 18.1 Å². The minimum Gasteiger partial charge on any atom is -0.468 e. The number of ether oxygens (including phenoxy) is 1. The maximum absolute atomic E-state index is 12.0. The van der Waals surface area contributed by atoms with Gasteiger partial charge in [-0.15, -0.1) is 0 Å². The van der Waals surface area contributed by atoms with Crippen molar-refractivity contribution < 1.29 is 9.53 Å². The molecule has 3 rings (SSSR count). The maximum atomic E-state index is 12.0. The molecule has 4 heteroatoms. The molecule has 1 aromatic heterocycles. The average molecular weight is 286 g/mol. The summed E-state index contributed by atoms with van der Waals surface area (Å²) < 4.78 is 4.94. The SMILES string of the molecule is COC(=O)[C@@H]1Cc2c([nH]c3ccccc23)[C@@H](CC(C)C)N1. The van der Waals surface area contributed by atoms with Crippen molar-refractivity contribution in [2.45, 2.75) is 38.8 Å². The van der Waals surface area contributed by atoms with Crippen LogP contribution in [0.5, 0.6) is 0 Å². The molecule has 2 atom stereocenters. The predicted molar refractivity (Wildman–Crippen MR) is 83.1 cm³/mol. The minimum atomic E-state index is -0.259. The molecule has 112 valence electrons. The fourth-order valence-corrected chi connectivity index (χ4v) is 3.28. The zero-order valence-electron chi connectivity index (χ0n) is 12.8. The molecule has 0 unspecified atom stereocenters. The number of rotatable bonds is 3. The van der Waals surface area contributed by atoms with Crippen molar-refractivity contribution in [3.63, 3.8) is 0 Å². The van der Waals surface area contributed by atoms with Gasteiger partial charge >= 0.3 is 5.97 Å². The number of hydrogen-bond donors (Lipinski definition) is 2. The van der Waals surface area contributed by atoms with Crippen LogP contribution in [0.4, 0.5) is 0 Å². The molecule has 2 N–H and O–H groups in total. The van der Waals surface area contributed by atoms with E-state index in [1.165, 1.54) is 23.8 Å². The lowest BCUT2D eigenvalue weighted by Crippen LogP contribution is -2.45. The van der Waals surface area contributed by atoms with Gasteiger partial charge in [0.1, 0.15) is 6.04 Å². The molecular formula is C17H22N2O2. The summed E-state index contributed by atoms with van der Waals surface area (Å²) in [5.74, 6) is 0.373. The fraction of sp³-hybridized carbons (Fsp3) is 0.471. The second-order valence-corrected chi connectivity index (χ2v) is 6.19. The van der Waals surface area contributed by atoms with Crippen molar-refractivity contribution in [1.29, 1.82) is 0 Å². The Kier molecular flexibility index (Phi) is 3.72. The Hall–Kier alpha value is -1.81. The van der Waals surface area contributed by atoms with Crippen LogP contribution in [0.15, 0.2) is 24.3 Å². The number of methoxy groups -OCH3 is 1. The van der Waals surface area contributed by atoms with Crippen molar-refractivity contribution in [3.05, 3.63) is 35.5 Å². The molecule has 2 aromatic rings. The highest BCUT2D eigenvalue weighted by atomic mass is 16.5. The number of aromatic nitrogens is 1. The third kappa shape index (κ3) is 2.56. The van der Waals surface area contributed by atoms with E-state index in [2.05, 4.69) is 36.3 Å². The van der Waals surface area contributed by atoms with Gasteiger partial charge in [0, 0.05) is 29.1 Å². The number of aromatic amines is 1. The topological polar surface area (TPSA) is 54.1 Å². The number of H-pyrrole nitrogens is 1. The third-order valence-corrected chi connectivity index (χ3v) is 4.20. The molecule has 2 heterocycles. The summed E-state index contributed by atoms with van der Waals surface area (Å²) in [4.78, 5) is 15.5. The van der Waals surface area contributed by atoms with Gasteiger partial charge in [-0.25, -0.2) is 0 Å². The molecule has 0 aliphatic carbocycles. The highest BCUT2D eigenvalue weighted by Gasteiger charge is 2.33. The van der Waals surface area contributed by atoms with Gasteiger partial charge in [-0.2, -0.15) is 0 Å². The van der Waals surface area contributed by atoms with E-state index in [1.807, 2.05) is 12.1 Å². The van der Waals surface area contributed by atoms with Crippen LogP contribution in [0.3, 0.4) is 0 Å². The van der Waals surface area contributed by atoms with Gasteiger partial charge in [0.2, 0.25) is 0 Å².